The van der Waals surface area contributed by atoms with Crippen LogP contribution in [0, 0.1) is 0 Å². The third-order valence-electron chi connectivity index (χ3n) is 4.27. The van der Waals surface area contributed by atoms with E-state index in [2.05, 4.69) is 76.7 Å². The fourth-order valence-electron chi connectivity index (χ4n) is 1.65. The molecule has 0 saturated carbocycles. The second-order valence-corrected chi connectivity index (χ2v) is 11.6. The SMILES string of the molecule is C=Cc1ccc(N(C)CCO[Si](C)(C)C(C)(C)C)cc1. The molecular weight excluding hydrogens is 262 g/mol. The average Bonchev–Trinajstić information content (AvgIpc) is 2.37. The van der Waals surface area contributed by atoms with Gasteiger partial charge in [0.25, 0.3) is 0 Å². The van der Waals surface area contributed by atoms with Crippen LogP contribution in [0.4, 0.5) is 5.69 Å². The largest absolute Gasteiger partial charge is 0.415 e. The first kappa shape index (κ1) is 17.0. The summed E-state index contributed by atoms with van der Waals surface area (Å²) in [6.07, 6.45) is 1.87. The third kappa shape index (κ3) is 4.49. The van der Waals surface area contributed by atoms with Crippen molar-refractivity contribution in [1.29, 1.82) is 0 Å². The Labute approximate surface area is 125 Å². The van der Waals surface area contributed by atoms with Crippen molar-refractivity contribution < 1.29 is 4.43 Å². The van der Waals surface area contributed by atoms with Gasteiger partial charge >= 0.3 is 0 Å². The lowest BCUT2D eigenvalue weighted by molar-refractivity contribution is 0.296. The summed E-state index contributed by atoms with van der Waals surface area (Å²) < 4.78 is 6.21. The summed E-state index contributed by atoms with van der Waals surface area (Å²) in [6, 6.07) is 8.44. The van der Waals surface area contributed by atoms with Gasteiger partial charge < -0.3 is 9.33 Å². The van der Waals surface area contributed by atoms with Gasteiger partial charge in [-0.25, -0.2) is 0 Å². The van der Waals surface area contributed by atoms with E-state index in [9.17, 15) is 0 Å². The number of rotatable bonds is 6. The van der Waals surface area contributed by atoms with Gasteiger partial charge in [-0.2, -0.15) is 0 Å². The normalized spacial score (nSPS) is 12.3. The van der Waals surface area contributed by atoms with Crippen molar-refractivity contribution in [1.82, 2.24) is 0 Å². The van der Waals surface area contributed by atoms with Crippen molar-refractivity contribution in [2.24, 2.45) is 0 Å². The highest BCUT2D eigenvalue weighted by molar-refractivity contribution is 6.74. The molecule has 1 aromatic rings. The molecule has 0 bridgehead atoms. The van der Waals surface area contributed by atoms with Gasteiger partial charge in [0.15, 0.2) is 8.32 Å². The molecule has 0 aliphatic rings. The minimum Gasteiger partial charge on any atom is -0.415 e. The van der Waals surface area contributed by atoms with Crippen LogP contribution in [0.5, 0.6) is 0 Å². The molecule has 2 nitrogen and oxygen atoms in total. The van der Waals surface area contributed by atoms with Crippen molar-refractivity contribution in [3.63, 3.8) is 0 Å². The minimum atomic E-state index is -1.63. The lowest BCUT2D eigenvalue weighted by Crippen LogP contribution is -2.42. The highest BCUT2D eigenvalue weighted by Crippen LogP contribution is 2.36. The molecule has 1 aromatic carbocycles. The van der Waals surface area contributed by atoms with Gasteiger partial charge in [-0.1, -0.05) is 45.6 Å². The zero-order valence-corrected chi connectivity index (χ0v) is 14.9. The number of hydrogen-bond acceptors (Lipinski definition) is 2. The van der Waals surface area contributed by atoms with E-state index in [1.165, 1.54) is 5.69 Å². The standard InChI is InChI=1S/C17H29NOSi/c1-8-15-9-11-16(12-10-15)18(5)13-14-19-20(6,7)17(2,3)4/h8-12H,1,13-14H2,2-7H3. The molecule has 0 heterocycles. The van der Waals surface area contributed by atoms with E-state index >= 15 is 0 Å². The zero-order valence-electron chi connectivity index (χ0n) is 13.9. The van der Waals surface area contributed by atoms with E-state index in [4.69, 9.17) is 4.43 Å². The molecule has 0 amide bonds. The first-order valence-corrected chi connectivity index (χ1v) is 10.2. The molecule has 1 rings (SSSR count). The van der Waals surface area contributed by atoms with E-state index < -0.39 is 8.32 Å². The Balaban J connectivity index is 2.51. The number of nitrogens with zero attached hydrogens (tertiary/aromatic N) is 1. The number of hydrogen-bond donors (Lipinski definition) is 0. The van der Waals surface area contributed by atoms with Crippen LogP contribution in [-0.4, -0.2) is 28.5 Å². The Kier molecular flexibility index (Phi) is 5.60. The Bertz CT molecular complexity index is 431. The van der Waals surface area contributed by atoms with Crippen molar-refractivity contribution in [3.8, 4) is 0 Å². The van der Waals surface area contributed by atoms with Crippen LogP contribution < -0.4 is 4.90 Å². The van der Waals surface area contributed by atoms with E-state index in [-0.39, 0.29) is 5.04 Å². The van der Waals surface area contributed by atoms with Crippen LogP contribution in [0.2, 0.25) is 18.1 Å². The van der Waals surface area contributed by atoms with Crippen LogP contribution in [0.25, 0.3) is 6.08 Å². The summed E-state index contributed by atoms with van der Waals surface area (Å²) >= 11 is 0. The van der Waals surface area contributed by atoms with Crippen LogP contribution >= 0.6 is 0 Å². The Morgan fingerprint density at radius 1 is 1.20 bits per heavy atom. The Morgan fingerprint density at radius 2 is 1.75 bits per heavy atom. The van der Waals surface area contributed by atoms with Gasteiger partial charge in [0.2, 0.25) is 0 Å². The van der Waals surface area contributed by atoms with Crippen molar-refractivity contribution >= 4 is 20.1 Å². The first-order chi connectivity index (χ1) is 9.17. The Morgan fingerprint density at radius 3 is 2.20 bits per heavy atom. The van der Waals surface area contributed by atoms with Gasteiger partial charge in [0.05, 0.1) is 6.61 Å². The summed E-state index contributed by atoms with van der Waals surface area (Å²) in [5, 5.41) is 0.275. The summed E-state index contributed by atoms with van der Waals surface area (Å²) in [7, 11) is 0.482. The second kappa shape index (κ2) is 6.59. The first-order valence-electron chi connectivity index (χ1n) is 7.25. The molecule has 3 heteroatoms. The predicted octanol–water partition coefficient (Wildman–Crippen LogP) is 4.79. The van der Waals surface area contributed by atoms with Crippen molar-refractivity contribution in [2.45, 2.75) is 38.9 Å². The zero-order chi connectivity index (χ0) is 15.4. The maximum atomic E-state index is 6.21. The molecule has 0 spiro atoms. The van der Waals surface area contributed by atoms with Crippen molar-refractivity contribution in [3.05, 3.63) is 36.4 Å². The highest BCUT2D eigenvalue weighted by atomic mass is 28.4. The smallest absolute Gasteiger partial charge is 0.192 e. The van der Waals surface area contributed by atoms with Gasteiger partial charge in [-0.15, -0.1) is 0 Å². The molecule has 0 radical (unpaired) electrons. The minimum absolute atomic E-state index is 0.275. The fraction of sp³-hybridized carbons (Fsp3) is 0.529. The van der Waals surface area contributed by atoms with Gasteiger partial charge in [0, 0.05) is 19.3 Å². The summed E-state index contributed by atoms with van der Waals surface area (Å²) in [4.78, 5) is 2.24. The van der Waals surface area contributed by atoms with E-state index in [0.29, 0.717) is 0 Å². The van der Waals surface area contributed by atoms with Gasteiger partial charge in [0.1, 0.15) is 0 Å². The Hall–Kier alpha value is -1.06. The monoisotopic (exact) mass is 291 g/mol. The molecule has 20 heavy (non-hydrogen) atoms. The molecule has 0 aliphatic carbocycles. The quantitative estimate of drug-likeness (QED) is 0.699. The second-order valence-electron chi connectivity index (χ2n) is 6.83. The number of likely N-dealkylation sites (N-methyl/N-ethyl adjacent to an activating group) is 1. The van der Waals surface area contributed by atoms with Crippen LogP contribution in [0.3, 0.4) is 0 Å². The van der Waals surface area contributed by atoms with Crippen molar-refractivity contribution in [2.75, 3.05) is 25.1 Å². The molecule has 0 atom stereocenters. The molecule has 0 N–H and O–H groups in total. The molecule has 0 saturated heterocycles. The number of benzene rings is 1. The predicted molar refractivity (Wildman–Crippen MR) is 93.0 cm³/mol. The molecule has 0 unspecified atom stereocenters. The lowest BCUT2D eigenvalue weighted by Gasteiger charge is -2.36. The summed E-state index contributed by atoms with van der Waals surface area (Å²) in [5.41, 5.74) is 2.37. The fourth-order valence-corrected chi connectivity index (χ4v) is 2.68. The molecular formula is C17H29NOSi. The van der Waals surface area contributed by atoms with Gasteiger partial charge in [-0.3, -0.25) is 0 Å². The highest BCUT2D eigenvalue weighted by Gasteiger charge is 2.36. The summed E-state index contributed by atoms with van der Waals surface area (Å²) in [6.45, 7) is 16.9. The maximum Gasteiger partial charge on any atom is 0.192 e. The van der Waals surface area contributed by atoms with E-state index in [0.717, 1.165) is 18.7 Å². The maximum absolute atomic E-state index is 6.21. The van der Waals surface area contributed by atoms with Crippen LogP contribution in [-0.2, 0) is 4.43 Å². The molecule has 0 aromatic heterocycles. The van der Waals surface area contributed by atoms with Gasteiger partial charge in [-0.05, 0) is 35.8 Å². The van der Waals surface area contributed by atoms with Crippen LogP contribution in [0.15, 0.2) is 30.8 Å². The third-order valence-corrected chi connectivity index (χ3v) is 8.80. The average molecular weight is 292 g/mol. The topological polar surface area (TPSA) is 12.5 Å². The number of anilines is 1. The molecule has 0 fully saturated rings. The summed E-state index contributed by atoms with van der Waals surface area (Å²) in [5.74, 6) is 0. The molecule has 0 aliphatic heterocycles. The van der Waals surface area contributed by atoms with Crippen LogP contribution in [0.1, 0.15) is 26.3 Å². The lowest BCUT2D eigenvalue weighted by atomic mass is 10.2. The van der Waals surface area contributed by atoms with E-state index in [1.54, 1.807) is 0 Å². The van der Waals surface area contributed by atoms with E-state index in [1.807, 2.05) is 6.08 Å². The molecule has 112 valence electrons.